The average molecular weight is 490 g/mol. The van der Waals surface area contributed by atoms with Gasteiger partial charge >= 0.3 is 11.7 Å². The largest absolute Gasteiger partial charge is 0.480 e. The number of amides is 3. The summed E-state index contributed by atoms with van der Waals surface area (Å²) in [6.45, 7) is 3.45. The van der Waals surface area contributed by atoms with E-state index in [0.717, 1.165) is 6.20 Å². The molecule has 13 heteroatoms. The standard InChI is InChI=1S/C21H23N5O7S/c1-21(2)13(19(31)32)26-17(30)12(18(26)34-21)24-16(29)11(9-6-4-3-5-7-9)23-14(27)10-8-22-20(33)25-15(10)28/h3-4,7-8,11-13,18H,5-6H2,1-2H3,(H,23,27)(H,24,29)(H,31,32)(H2,22,25,28,33)/t11?,12-,13+,18-/m1/s1. The van der Waals surface area contributed by atoms with Gasteiger partial charge in [0.1, 0.15) is 29.1 Å². The van der Waals surface area contributed by atoms with E-state index in [1.165, 1.54) is 16.7 Å². The Hall–Kier alpha value is -3.61. The van der Waals surface area contributed by atoms with Gasteiger partial charge in [0.15, 0.2) is 0 Å². The van der Waals surface area contributed by atoms with Gasteiger partial charge in [-0.25, -0.2) is 9.59 Å². The fourth-order valence-electron chi connectivity index (χ4n) is 4.35. The van der Waals surface area contributed by atoms with Gasteiger partial charge in [0, 0.05) is 10.9 Å². The zero-order valence-electron chi connectivity index (χ0n) is 18.3. The topological polar surface area (TPSA) is 182 Å². The highest BCUT2D eigenvalue weighted by Gasteiger charge is 2.64. The quantitative estimate of drug-likeness (QED) is 0.251. The SMILES string of the molecule is CC1(C)S[C@@H]2[C@H](NC(=O)C(NC(=O)c3c[nH]c(=O)[nH]c3=O)C3=CCC=CC3)C(=O)N2[C@H]1C(=O)O. The van der Waals surface area contributed by atoms with E-state index < -0.39 is 63.2 Å². The molecule has 1 aliphatic carbocycles. The van der Waals surface area contributed by atoms with Crippen molar-refractivity contribution in [3.8, 4) is 0 Å². The predicted molar refractivity (Wildman–Crippen MR) is 121 cm³/mol. The lowest BCUT2D eigenvalue weighted by atomic mass is 9.94. The molecule has 0 radical (unpaired) electrons. The summed E-state index contributed by atoms with van der Waals surface area (Å²) >= 11 is 1.29. The molecule has 1 aromatic rings. The van der Waals surface area contributed by atoms with E-state index >= 15 is 0 Å². The summed E-state index contributed by atoms with van der Waals surface area (Å²) < 4.78 is -0.749. The third-order valence-electron chi connectivity index (χ3n) is 5.98. The zero-order chi connectivity index (χ0) is 24.8. The van der Waals surface area contributed by atoms with Crippen LogP contribution in [0, 0.1) is 0 Å². The summed E-state index contributed by atoms with van der Waals surface area (Å²) in [5.41, 5.74) is -1.50. The van der Waals surface area contributed by atoms with E-state index in [1.54, 1.807) is 19.9 Å². The van der Waals surface area contributed by atoms with Crippen molar-refractivity contribution in [3.63, 3.8) is 0 Å². The number of carbonyl (C=O) groups excluding carboxylic acids is 3. The van der Waals surface area contributed by atoms with Crippen molar-refractivity contribution in [1.29, 1.82) is 0 Å². The third kappa shape index (κ3) is 4.06. The van der Waals surface area contributed by atoms with Crippen molar-refractivity contribution in [2.75, 3.05) is 0 Å². The lowest BCUT2D eigenvalue weighted by Gasteiger charge is -2.44. The van der Waals surface area contributed by atoms with Gasteiger partial charge in [0.25, 0.3) is 11.5 Å². The molecule has 3 aliphatic rings. The van der Waals surface area contributed by atoms with Crippen LogP contribution in [0.4, 0.5) is 0 Å². The Balaban J connectivity index is 1.54. The van der Waals surface area contributed by atoms with Crippen LogP contribution in [0.1, 0.15) is 37.0 Å². The summed E-state index contributed by atoms with van der Waals surface area (Å²) in [5, 5.41) is 14.2. The number of nitrogens with zero attached hydrogens (tertiary/aromatic N) is 1. The molecule has 0 spiro atoms. The second kappa shape index (κ2) is 8.63. The Morgan fingerprint density at radius 3 is 2.59 bits per heavy atom. The molecular formula is C21H23N5O7S. The predicted octanol–water partition coefficient (Wildman–Crippen LogP) is -0.930. The summed E-state index contributed by atoms with van der Waals surface area (Å²) in [6.07, 6.45) is 7.36. The highest BCUT2D eigenvalue weighted by Crippen LogP contribution is 2.50. The number of nitrogens with one attached hydrogen (secondary N) is 4. The number of β-lactam (4-membered cyclic amide) rings is 1. The van der Waals surface area contributed by atoms with Crippen LogP contribution in [0.2, 0.25) is 0 Å². The van der Waals surface area contributed by atoms with E-state index in [0.29, 0.717) is 18.4 Å². The van der Waals surface area contributed by atoms with Crippen LogP contribution in [-0.2, 0) is 14.4 Å². The molecule has 1 unspecified atom stereocenters. The smallest absolute Gasteiger partial charge is 0.327 e. The number of H-pyrrole nitrogens is 2. The van der Waals surface area contributed by atoms with Crippen LogP contribution in [-0.4, -0.2) is 71.9 Å². The van der Waals surface area contributed by atoms with Crippen molar-refractivity contribution < 1.29 is 24.3 Å². The van der Waals surface area contributed by atoms with E-state index in [1.807, 2.05) is 17.1 Å². The second-order valence-electron chi connectivity index (χ2n) is 8.67. The van der Waals surface area contributed by atoms with Crippen LogP contribution >= 0.6 is 11.8 Å². The van der Waals surface area contributed by atoms with Crippen molar-refractivity contribution >= 4 is 35.5 Å². The molecule has 2 saturated heterocycles. The molecule has 0 saturated carbocycles. The molecule has 12 nitrogen and oxygen atoms in total. The van der Waals surface area contributed by atoms with Crippen LogP contribution in [0.15, 0.2) is 39.6 Å². The van der Waals surface area contributed by atoms with Crippen molar-refractivity contribution in [2.24, 2.45) is 0 Å². The number of allylic oxidation sites excluding steroid dienone is 3. The number of thioether (sulfide) groups is 1. The number of aromatic amines is 2. The first-order valence-corrected chi connectivity index (χ1v) is 11.4. The molecule has 4 atom stereocenters. The van der Waals surface area contributed by atoms with Crippen LogP contribution < -0.4 is 21.9 Å². The summed E-state index contributed by atoms with van der Waals surface area (Å²) in [4.78, 5) is 79.0. The Bertz CT molecular complexity index is 1250. The zero-order valence-corrected chi connectivity index (χ0v) is 19.1. The number of carboxylic acids is 1. The van der Waals surface area contributed by atoms with Gasteiger partial charge in [-0.05, 0) is 32.3 Å². The molecule has 3 heterocycles. The highest BCUT2D eigenvalue weighted by atomic mass is 32.2. The normalized spacial score (nSPS) is 25.6. The van der Waals surface area contributed by atoms with E-state index in [2.05, 4.69) is 15.6 Å². The average Bonchev–Trinajstić information content (AvgIpc) is 3.04. The number of hydrogen-bond donors (Lipinski definition) is 5. The van der Waals surface area contributed by atoms with E-state index in [-0.39, 0.29) is 5.56 Å². The first-order chi connectivity index (χ1) is 16.0. The molecule has 3 amide bonds. The summed E-state index contributed by atoms with van der Waals surface area (Å²) in [7, 11) is 0. The molecule has 0 bridgehead atoms. The van der Waals surface area contributed by atoms with Gasteiger partial charge in [0.2, 0.25) is 11.8 Å². The molecule has 4 rings (SSSR count). The number of rotatable bonds is 6. The van der Waals surface area contributed by atoms with E-state index in [4.69, 9.17) is 0 Å². The Morgan fingerprint density at radius 2 is 1.97 bits per heavy atom. The first-order valence-electron chi connectivity index (χ1n) is 10.5. The molecule has 2 fully saturated rings. The minimum absolute atomic E-state index is 0.372. The summed E-state index contributed by atoms with van der Waals surface area (Å²) in [5.74, 6) is -3.17. The minimum Gasteiger partial charge on any atom is -0.480 e. The maximum absolute atomic E-state index is 13.2. The highest BCUT2D eigenvalue weighted by molar-refractivity contribution is 8.01. The van der Waals surface area contributed by atoms with Gasteiger partial charge < -0.3 is 25.6 Å². The van der Waals surface area contributed by atoms with Crippen molar-refractivity contribution in [2.45, 2.75) is 54.9 Å². The van der Waals surface area contributed by atoms with Crippen molar-refractivity contribution in [1.82, 2.24) is 25.5 Å². The van der Waals surface area contributed by atoms with Crippen molar-refractivity contribution in [3.05, 3.63) is 56.4 Å². The van der Waals surface area contributed by atoms with Crippen LogP contribution in [0.25, 0.3) is 0 Å². The maximum atomic E-state index is 13.2. The second-order valence-corrected chi connectivity index (χ2v) is 10.4. The van der Waals surface area contributed by atoms with Gasteiger partial charge in [-0.1, -0.05) is 18.2 Å². The number of carboxylic acid groups (broad SMARTS) is 1. The molecule has 1 aromatic heterocycles. The number of hydrogen-bond acceptors (Lipinski definition) is 7. The molecular weight excluding hydrogens is 466 g/mol. The van der Waals surface area contributed by atoms with Gasteiger partial charge in [-0.3, -0.25) is 24.2 Å². The number of carbonyl (C=O) groups is 4. The molecule has 34 heavy (non-hydrogen) atoms. The Kier molecular flexibility index (Phi) is 5.98. The molecule has 0 aromatic carbocycles. The minimum atomic E-state index is -1.18. The number of fused-ring (bicyclic) bond motifs is 1. The molecule has 180 valence electrons. The Morgan fingerprint density at radius 1 is 1.24 bits per heavy atom. The third-order valence-corrected chi connectivity index (χ3v) is 7.55. The van der Waals surface area contributed by atoms with Gasteiger partial charge in [-0.2, -0.15) is 0 Å². The van der Waals surface area contributed by atoms with Gasteiger partial charge in [-0.15, -0.1) is 11.8 Å². The Labute approximate surface area is 196 Å². The fraction of sp³-hybridized carbons (Fsp3) is 0.429. The fourth-order valence-corrected chi connectivity index (χ4v) is 5.98. The summed E-state index contributed by atoms with van der Waals surface area (Å²) in [6, 6.07) is -3.14. The number of aromatic nitrogens is 2. The number of aliphatic carboxylic acids is 1. The molecule has 2 aliphatic heterocycles. The van der Waals surface area contributed by atoms with Crippen LogP contribution in [0.5, 0.6) is 0 Å². The molecule has 5 N–H and O–H groups in total. The first kappa shape index (κ1) is 23.5. The van der Waals surface area contributed by atoms with E-state index in [9.17, 15) is 33.9 Å². The lowest BCUT2D eigenvalue weighted by molar-refractivity contribution is -0.161. The lowest BCUT2D eigenvalue weighted by Crippen LogP contribution is -2.71. The van der Waals surface area contributed by atoms with Gasteiger partial charge in [0.05, 0.1) is 0 Å². The van der Waals surface area contributed by atoms with Crippen LogP contribution in [0.3, 0.4) is 0 Å². The monoisotopic (exact) mass is 489 g/mol. The maximum Gasteiger partial charge on any atom is 0.327 e.